The van der Waals surface area contributed by atoms with Gasteiger partial charge in [0.05, 0.1) is 13.5 Å². The van der Waals surface area contributed by atoms with E-state index in [4.69, 9.17) is 16.3 Å². The molecule has 100 valence electrons. The van der Waals surface area contributed by atoms with Crippen molar-refractivity contribution in [3.8, 4) is 5.75 Å². The SMILES string of the molecule is COc1cccc(CC(=O)NCC(C)CCCl)c1. The minimum Gasteiger partial charge on any atom is -0.497 e. The Labute approximate surface area is 113 Å². The van der Waals surface area contributed by atoms with Crippen molar-refractivity contribution in [3.05, 3.63) is 29.8 Å². The fourth-order valence-corrected chi connectivity index (χ4v) is 1.98. The van der Waals surface area contributed by atoms with Gasteiger partial charge in [0.1, 0.15) is 5.75 Å². The van der Waals surface area contributed by atoms with Crippen LogP contribution in [0.5, 0.6) is 5.75 Å². The number of carbonyl (C=O) groups is 1. The van der Waals surface area contributed by atoms with Crippen molar-refractivity contribution in [2.45, 2.75) is 19.8 Å². The molecule has 1 aromatic carbocycles. The Balaban J connectivity index is 2.39. The lowest BCUT2D eigenvalue weighted by Gasteiger charge is -2.11. The van der Waals surface area contributed by atoms with Gasteiger partial charge in [0.2, 0.25) is 5.91 Å². The van der Waals surface area contributed by atoms with Crippen molar-refractivity contribution in [1.82, 2.24) is 5.32 Å². The molecule has 1 N–H and O–H groups in total. The molecule has 0 spiro atoms. The van der Waals surface area contributed by atoms with Crippen LogP contribution >= 0.6 is 11.6 Å². The Hall–Kier alpha value is -1.22. The predicted molar refractivity (Wildman–Crippen MR) is 74.2 cm³/mol. The standard InChI is InChI=1S/C14H20ClNO2/c1-11(6-7-15)10-16-14(17)9-12-4-3-5-13(8-12)18-2/h3-5,8,11H,6-7,9-10H2,1-2H3,(H,16,17). The van der Waals surface area contributed by atoms with Crippen molar-refractivity contribution in [1.29, 1.82) is 0 Å². The van der Waals surface area contributed by atoms with E-state index in [2.05, 4.69) is 12.2 Å². The molecular weight excluding hydrogens is 250 g/mol. The molecule has 1 atom stereocenters. The van der Waals surface area contributed by atoms with Gasteiger partial charge in [0, 0.05) is 12.4 Å². The Bertz CT molecular complexity index is 382. The monoisotopic (exact) mass is 269 g/mol. The summed E-state index contributed by atoms with van der Waals surface area (Å²) in [6.07, 6.45) is 1.30. The lowest BCUT2D eigenvalue weighted by Crippen LogP contribution is -2.29. The summed E-state index contributed by atoms with van der Waals surface area (Å²) in [6, 6.07) is 7.55. The van der Waals surface area contributed by atoms with Gasteiger partial charge in [-0.2, -0.15) is 0 Å². The molecule has 4 heteroatoms. The van der Waals surface area contributed by atoms with Crippen LogP contribution in [0.3, 0.4) is 0 Å². The third-order valence-electron chi connectivity index (χ3n) is 2.75. The van der Waals surface area contributed by atoms with Gasteiger partial charge in [-0.15, -0.1) is 11.6 Å². The number of nitrogens with one attached hydrogen (secondary N) is 1. The molecule has 0 saturated carbocycles. The molecule has 0 fully saturated rings. The zero-order valence-electron chi connectivity index (χ0n) is 10.9. The molecule has 0 aromatic heterocycles. The Kier molecular flexibility index (Phi) is 6.58. The lowest BCUT2D eigenvalue weighted by atomic mass is 10.1. The molecule has 0 bridgehead atoms. The van der Waals surface area contributed by atoms with Crippen molar-refractivity contribution in [2.24, 2.45) is 5.92 Å². The average molecular weight is 270 g/mol. The molecule has 1 aromatic rings. The highest BCUT2D eigenvalue weighted by Gasteiger charge is 2.06. The van der Waals surface area contributed by atoms with E-state index in [9.17, 15) is 4.79 Å². The van der Waals surface area contributed by atoms with Gasteiger partial charge < -0.3 is 10.1 Å². The minimum atomic E-state index is 0.0321. The molecule has 0 heterocycles. The summed E-state index contributed by atoms with van der Waals surface area (Å²) < 4.78 is 5.12. The van der Waals surface area contributed by atoms with Crippen LogP contribution in [0.2, 0.25) is 0 Å². The van der Waals surface area contributed by atoms with E-state index >= 15 is 0 Å². The van der Waals surface area contributed by atoms with Gasteiger partial charge in [-0.25, -0.2) is 0 Å². The third-order valence-corrected chi connectivity index (χ3v) is 2.97. The number of hydrogen-bond donors (Lipinski definition) is 1. The second-order valence-electron chi connectivity index (χ2n) is 4.42. The quantitative estimate of drug-likeness (QED) is 0.773. The maximum absolute atomic E-state index is 11.7. The number of amides is 1. The molecule has 1 amide bonds. The topological polar surface area (TPSA) is 38.3 Å². The number of halogens is 1. The molecule has 1 rings (SSSR count). The van der Waals surface area contributed by atoms with E-state index in [1.165, 1.54) is 0 Å². The fraction of sp³-hybridized carbons (Fsp3) is 0.500. The number of alkyl halides is 1. The van der Waals surface area contributed by atoms with Crippen molar-refractivity contribution < 1.29 is 9.53 Å². The average Bonchev–Trinajstić information content (AvgIpc) is 2.37. The molecule has 0 radical (unpaired) electrons. The summed E-state index contributed by atoms with van der Waals surface area (Å²) in [5, 5.41) is 2.91. The van der Waals surface area contributed by atoms with Crippen molar-refractivity contribution in [3.63, 3.8) is 0 Å². The highest BCUT2D eigenvalue weighted by molar-refractivity contribution is 6.17. The first-order valence-electron chi connectivity index (χ1n) is 6.11. The zero-order valence-corrected chi connectivity index (χ0v) is 11.7. The van der Waals surface area contributed by atoms with E-state index in [1.807, 2.05) is 24.3 Å². The van der Waals surface area contributed by atoms with Crippen LogP contribution in [0.25, 0.3) is 0 Å². The summed E-state index contributed by atoms with van der Waals surface area (Å²) in [5.41, 5.74) is 0.955. The summed E-state index contributed by atoms with van der Waals surface area (Å²) >= 11 is 5.65. The summed E-state index contributed by atoms with van der Waals surface area (Å²) in [5.74, 6) is 1.85. The first-order chi connectivity index (χ1) is 8.65. The Morgan fingerprint density at radius 3 is 2.94 bits per heavy atom. The number of methoxy groups -OCH3 is 1. The maximum atomic E-state index is 11.7. The number of benzene rings is 1. The largest absolute Gasteiger partial charge is 0.497 e. The van der Waals surface area contributed by atoms with E-state index in [1.54, 1.807) is 7.11 Å². The van der Waals surface area contributed by atoms with Crippen molar-refractivity contribution in [2.75, 3.05) is 19.5 Å². The summed E-state index contributed by atoms with van der Waals surface area (Å²) in [7, 11) is 1.62. The van der Waals surface area contributed by atoms with Crippen LogP contribution in [-0.2, 0) is 11.2 Å². The highest BCUT2D eigenvalue weighted by atomic mass is 35.5. The van der Waals surface area contributed by atoms with Crippen LogP contribution in [0.1, 0.15) is 18.9 Å². The molecule has 0 aliphatic carbocycles. The molecule has 3 nitrogen and oxygen atoms in total. The maximum Gasteiger partial charge on any atom is 0.224 e. The summed E-state index contributed by atoms with van der Waals surface area (Å²) in [4.78, 5) is 11.7. The predicted octanol–water partition coefficient (Wildman–Crippen LogP) is 2.62. The second kappa shape index (κ2) is 7.98. The smallest absolute Gasteiger partial charge is 0.224 e. The van der Waals surface area contributed by atoms with Crippen LogP contribution < -0.4 is 10.1 Å². The first-order valence-corrected chi connectivity index (χ1v) is 6.64. The van der Waals surface area contributed by atoms with E-state index < -0.39 is 0 Å². The van der Waals surface area contributed by atoms with Gasteiger partial charge >= 0.3 is 0 Å². The minimum absolute atomic E-state index is 0.0321. The molecule has 0 saturated heterocycles. The number of hydrogen-bond acceptors (Lipinski definition) is 2. The molecular formula is C14H20ClNO2. The van der Waals surface area contributed by atoms with Gasteiger partial charge in [-0.1, -0.05) is 19.1 Å². The highest BCUT2D eigenvalue weighted by Crippen LogP contribution is 2.12. The molecule has 18 heavy (non-hydrogen) atoms. The fourth-order valence-electron chi connectivity index (χ4n) is 1.61. The van der Waals surface area contributed by atoms with Crippen LogP contribution in [0, 0.1) is 5.92 Å². The number of ether oxygens (including phenoxy) is 1. The molecule has 0 aliphatic rings. The van der Waals surface area contributed by atoms with E-state index in [0.717, 1.165) is 17.7 Å². The molecule has 1 unspecified atom stereocenters. The number of carbonyl (C=O) groups excluding carboxylic acids is 1. The van der Waals surface area contributed by atoms with Crippen LogP contribution in [0.15, 0.2) is 24.3 Å². The second-order valence-corrected chi connectivity index (χ2v) is 4.79. The summed E-state index contributed by atoms with van der Waals surface area (Å²) in [6.45, 7) is 2.75. The Morgan fingerprint density at radius 1 is 1.50 bits per heavy atom. The van der Waals surface area contributed by atoms with Crippen LogP contribution in [-0.4, -0.2) is 25.4 Å². The van der Waals surface area contributed by atoms with Gasteiger partial charge in [-0.05, 0) is 30.0 Å². The third kappa shape index (κ3) is 5.41. The zero-order chi connectivity index (χ0) is 13.4. The van der Waals surface area contributed by atoms with Gasteiger partial charge in [0.15, 0.2) is 0 Å². The number of rotatable bonds is 7. The van der Waals surface area contributed by atoms with Crippen molar-refractivity contribution >= 4 is 17.5 Å². The molecule has 0 aliphatic heterocycles. The van der Waals surface area contributed by atoms with Gasteiger partial charge in [-0.3, -0.25) is 4.79 Å². The van der Waals surface area contributed by atoms with Crippen LogP contribution in [0.4, 0.5) is 0 Å². The lowest BCUT2D eigenvalue weighted by molar-refractivity contribution is -0.120. The van der Waals surface area contributed by atoms with Gasteiger partial charge in [0.25, 0.3) is 0 Å². The normalized spacial score (nSPS) is 11.9. The van der Waals surface area contributed by atoms with E-state index in [-0.39, 0.29) is 5.91 Å². The Morgan fingerprint density at radius 2 is 2.28 bits per heavy atom. The first kappa shape index (κ1) is 14.8. The van der Waals surface area contributed by atoms with E-state index in [0.29, 0.717) is 24.8 Å².